The zero-order chi connectivity index (χ0) is 21.1. The second-order valence-electron chi connectivity index (χ2n) is 6.07. The third kappa shape index (κ3) is 6.99. The third-order valence-corrected chi connectivity index (χ3v) is 4.00. The molecule has 2 rings (SSSR count). The Hall–Kier alpha value is -3.28. The van der Waals surface area contributed by atoms with E-state index in [1.807, 2.05) is 51.1 Å². The second kappa shape index (κ2) is 11.5. The second-order valence-corrected chi connectivity index (χ2v) is 6.07. The van der Waals surface area contributed by atoms with Gasteiger partial charge in [0.2, 0.25) is 0 Å². The molecule has 0 saturated carbocycles. The minimum absolute atomic E-state index is 0.352. The molecular formula is C23H27NO5. The molecule has 2 aromatic rings. The molecule has 0 aromatic heterocycles. The largest absolute Gasteiger partial charge is 0.490 e. The number of ether oxygens (including phenoxy) is 3. The van der Waals surface area contributed by atoms with Crippen molar-refractivity contribution in [3.05, 3.63) is 59.7 Å². The summed E-state index contributed by atoms with van der Waals surface area (Å²) in [7, 11) is 0. The molecule has 0 bridgehead atoms. The van der Waals surface area contributed by atoms with Gasteiger partial charge in [-0.25, -0.2) is 4.79 Å². The maximum absolute atomic E-state index is 12.0. The van der Waals surface area contributed by atoms with Gasteiger partial charge in [-0.1, -0.05) is 31.2 Å². The first-order valence-corrected chi connectivity index (χ1v) is 9.69. The minimum atomic E-state index is -0.601. The smallest absolute Gasteiger partial charge is 0.331 e. The van der Waals surface area contributed by atoms with E-state index in [2.05, 4.69) is 5.32 Å². The van der Waals surface area contributed by atoms with Crippen molar-refractivity contribution in [2.45, 2.75) is 27.2 Å². The average Bonchev–Trinajstić information content (AvgIpc) is 2.73. The number of benzene rings is 2. The summed E-state index contributed by atoms with van der Waals surface area (Å²) in [5, 5.41) is 2.76. The number of anilines is 1. The van der Waals surface area contributed by atoms with Crippen molar-refractivity contribution >= 4 is 23.6 Å². The van der Waals surface area contributed by atoms with Crippen LogP contribution in [0.5, 0.6) is 11.5 Å². The summed E-state index contributed by atoms with van der Waals surface area (Å²) in [6.07, 6.45) is 3.67. The summed E-state index contributed by atoms with van der Waals surface area (Å²) < 4.78 is 16.1. The molecule has 0 heterocycles. The lowest BCUT2D eigenvalue weighted by molar-refractivity contribution is -0.142. The summed E-state index contributed by atoms with van der Waals surface area (Å²) >= 11 is 0. The third-order valence-electron chi connectivity index (χ3n) is 4.00. The predicted molar refractivity (Wildman–Crippen MR) is 113 cm³/mol. The molecule has 1 amide bonds. The van der Waals surface area contributed by atoms with E-state index in [0.717, 1.165) is 23.2 Å². The van der Waals surface area contributed by atoms with Gasteiger partial charge in [0.1, 0.15) is 0 Å². The Bertz CT molecular complexity index is 860. The van der Waals surface area contributed by atoms with E-state index in [4.69, 9.17) is 14.2 Å². The first-order valence-electron chi connectivity index (χ1n) is 9.69. The first kappa shape index (κ1) is 22.0. The number of hydrogen-bond acceptors (Lipinski definition) is 5. The highest BCUT2D eigenvalue weighted by atomic mass is 16.5. The molecule has 1 N–H and O–H groups in total. The Morgan fingerprint density at radius 3 is 2.41 bits per heavy atom. The lowest BCUT2D eigenvalue weighted by atomic mass is 10.1. The zero-order valence-corrected chi connectivity index (χ0v) is 17.1. The molecule has 0 atom stereocenters. The van der Waals surface area contributed by atoms with Crippen LogP contribution in [0.2, 0.25) is 0 Å². The zero-order valence-electron chi connectivity index (χ0n) is 17.1. The Balaban J connectivity index is 1.90. The lowest BCUT2D eigenvalue weighted by Gasteiger charge is -2.11. The SMILES string of the molecule is CCOc1ccc(/C=C/C(=O)OCC(=O)Nc2ccccc2CC)cc1OCC. The highest BCUT2D eigenvalue weighted by molar-refractivity contribution is 5.95. The van der Waals surface area contributed by atoms with Crippen molar-refractivity contribution in [2.24, 2.45) is 0 Å². The van der Waals surface area contributed by atoms with E-state index < -0.39 is 5.97 Å². The van der Waals surface area contributed by atoms with Crippen LogP contribution in [-0.2, 0) is 20.7 Å². The number of nitrogens with one attached hydrogen (secondary N) is 1. The van der Waals surface area contributed by atoms with Crippen LogP contribution < -0.4 is 14.8 Å². The lowest BCUT2D eigenvalue weighted by Crippen LogP contribution is -2.20. The van der Waals surface area contributed by atoms with Crippen LogP contribution in [0, 0.1) is 0 Å². The number of aryl methyl sites for hydroxylation is 1. The standard InChI is InChI=1S/C23H27NO5/c1-4-18-9-7-8-10-19(18)24-22(25)16-29-23(26)14-12-17-11-13-20(27-5-2)21(15-17)28-6-3/h7-15H,4-6,16H2,1-3H3,(H,24,25)/b14-12+. The van der Waals surface area contributed by atoms with Gasteiger partial charge >= 0.3 is 5.97 Å². The van der Waals surface area contributed by atoms with Crippen LogP contribution in [0.1, 0.15) is 31.9 Å². The minimum Gasteiger partial charge on any atom is -0.490 e. The molecule has 0 fully saturated rings. The molecule has 0 unspecified atom stereocenters. The Labute approximate surface area is 171 Å². The van der Waals surface area contributed by atoms with Crippen LogP contribution >= 0.6 is 0 Å². The van der Waals surface area contributed by atoms with Crippen LogP contribution in [-0.4, -0.2) is 31.7 Å². The van der Waals surface area contributed by atoms with Crippen molar-refractivity contribution < 1.29 is 23.8 Å². The van der Waals surface area contributed by atoms with Gasteiger partial charge in [0.05, 0.1) is 13.2 Å². The van der Waals surface area contributed by atoms with Crippen molar-refractivity contribution in [3.63, 3.8) is 0 Å². The Morgan fingerprint density at radius 2 is 1.69 bits per heavy atom. The number of carbonyl (C=O) groups excluding carboxylic acids is 2. The predicted octanol–water partition coefficient (Wildman–Crippen LogP) is 4.24. The molecule has 0 aliphatic rings. The van der Waals surface area contributed by atoms with Crippen LogP contribution in [0.15, 0.2) is 48.5 Å². The van der Waals surface area contributed by atoms with Gasteiger partial charge in [-0.2, -0.15) is 0 Å². The van der Waals surface area contributed by atoms with Crippen molar-refractivity contribution in [1.29, 1.82) is 0 Å². The molecule has 6 heteroatoms. The molecule has 0 radical (unpaired) electrons. The maximum atomic E-state index is 12.0. The number of rotatable bonds is 10. The molecule has 0 aliphatic heterocycles. The molecule has 0 spiro atoms. The molecule has 0 saturated heterocycles. The first-order chi connectivity index (χ1) is 14.1. The fourth-order valence-electron chi connectivity index (χ4n) is 2.66. The molecule has 2 aromatic carbocycles. The number of para-hydroxylation sites is 1. The van der Waals surface area contributed by atoms with Gasteiger partial charge in [-0.05, 0) is 55.7 Å². The quantitative estimate of drug-likeness (QED) is 0.479. The fraction of sp³-hybridized carbons (Fsp3) is 0.304. The van der Waals surface area contributed by atoms with Crippen LogP contribution in [0.4, 0.5) is 5.69 Å². The monoisotopic (exact) mass is 397 g/mol. The fourth-order valence-corrected chi connectivity index (χ4v) is 2.66. The molecule has 154 valence electrons. The van der Waals surface area contributed by atoms with E-state index in [0.29, 0.717) is 24.7 Å². The highest BCUT2D eigenvalue weighted by Crippen LogP contribution is 2.29. The van der Waals surface area contributed by atoms with Crippen LogP contribution in [0.25, 0.3) is 6.08 Å². The Morgan fingerprint density at radius 1 is 0.966 bits per heavy atom. The molecule has 0 aliphatic carbocycles. The van der Waals surface area contributed by atoms with Crippen molar-refractivity contribution in [3.8, 4) is 11.5 Å². The molecular weight excluding hydrogens is 370 g/mol. The van der Waals surface area contributed by atoms with E-state index in [1.165, 1.54) is 6.08 Å². The van der Waals surface area contributed by atoms with Crippen LogP contribution in [0.3, 0.4) is 0 Å². The van der Waals surface area contributed by atoms with Gasteiger partial charge in [0.25, 0.3) is 5.91 Å². The van der Waals surface area contributed by atoms with Crippen molar-refractivity contribution in [2.75, 3.05) is 25.1 Å². The van der Waals surface area contributed by atoms with Gasteiger partial charge in [0.15, 0.2) is 18.1 Å². The van der Waals surface area contributed by atoms with Crippen molar-refractivity contribution in [1.82, 2.24) is 0 Å². The molecule has 6 nitrogen and oxygen atoms in total. The summed E-state index contributed by atoms with van der Waals surface area (Å²) in [5.74, 6) is 0.278. The summed E-state index contributed by atoms with van der Waals surface area (Å²) in [4.78, 5) is 24.0. The van der Waals surface area contributed by atoms with E-state index in [-0.39, 0.29) is 12.5 Å². The summed E-state index contributed by atoms with van der Waals surface area (Å²) in [6.45, 7) is 6.48. The molecule has 29 heavy (non-hydrogen) atoms. The number of amides is 1. The number of hydrogen-bond donors (Lipinski definition) is 1. The number of esters is 1. The Kier molecular flexibility index (Phi) is 8.76. The maximum Gasteiger partial charge on any atom is 0.331 e. The van der Waals surface area contributed by atoms with Gasteiger partial charge in [-0.15, -0.1) is 0 Å². The van der Waals surface area contributed by atoms with Gasteiger partial charge < -0.3 is 19.5 Å². The summed E-state index contributed by atoms with van der Waals surface area (Å²) in [5.41, 5.74) is 2.51. The highest BCUT2D eigenvalue weighted by Gasteiger charge is 2.09. The van der Waals surface area contributed by atoms with Gasteiger partial charge in [0, 0.05) is 11.8 Å². The van der Waals surface area contributed by atoms with E-state index >= 15 is 0 Å². The van der Waals surface area contributed by atoms with E-state index in [9.17, 15) is 9.59 Å². The number of carbonyl (C=O) groups is 2. The van der Waals surface area contributed by atoms with E-state index in [1.54, 1.807) is 18.2 Å². The topological polar surface area (TPSA) is 73.9 Å². The van der Waals surface area contributed by atoms with Gasteiger partial charge in [-0.3, -0.25) is 4.79 Å². The average molecular weight is 397 g/mol. The summed E-state index contributed by atoms with van der Waals surface area (Å²) in [6, 6.07) is 12.9. The normalized spacial score (nSPS) is 10.6.